The molecule has 0 atom stereocenters. The van der Waals surface area contributed by atoms with E-state index in [1.807, 2.05) is 42.5 Å². The van der Waals surface area contributed by atoms with Gasteiger partial charge in [-0.1, -0.05) is 12.1 Å². The van der Waals surface area contributed by atoms with E-state index in [1.54, 1.807) is 19.1 Å². The summed E-state index contributed by atoms with van der Waals surface area (Å²) in [6, 6.07) is 13.6. The number of benzene rings is 2. The highest BCUT2D eigenvalue weighted by atomic mass is 16.5. The number of hydrogen-bond donors (Lipinski definition) is 0. The molecule has 0 saturated carbocycles. The predicted octanol–water partition coefficient (Wildman–Crippen LogP) is 3.11. The molecule has 2 rings (SSSR count). The minimum atomic E-state index is -0.0561. The van der Waals surface area contributed by atoms with Gasteiger partial charge >= 0.3 is 0 Å². The smallest absolute Gasteiger partial charge is 0.227 e. The number of hydrogen-bond acceptors (Lipinski definition) is 3. The summed E-state index contributed by atoms with van der Waals surface area (Å²) in [5, 5.41) is 10.6. The second kappa shape index (κ2) is 6.07. The van der Waals surface area contributed by atoms with Gasteiger partial charge in [0.05, 0.1) is 13.2 Å². The third kappa shape index (κ3) is 2.89. The van der Waals surface area contributed by atoms with Crippen LogP contribution in [0.15, 0.2) is 36.4 Å². The van der Waals surface area contributed by atoms with E-state index in [0.717, 1.165) is 22.2 Å². The number of rotatable bonds is 4. The van der Waals surface area contributed by atoms with Gasteiger partial charge in [0.15, 0.2) is 0 Å². The zero-order chi connectivity index (χ0) is 14.5. The Balaban J connectivity index is 2.27. The summed E-state index contributed by atoms with van der Waals surface area (Å²) in [6.45, 7) is 0. The Morgan fingerprint density at radius 1 is 1.25 bits per heavy atom. The highest BCUT2D eigenvalue weighted by Gasteiger charge is 2.10. The molecule has 102 valence electrons. The summed E-state index contributed by atoms with van der Waals surface area (Å²) in [5.41, 5.74) is 0.825. The van der Waals surface area contributed by atoms with Crippen LogP contribution in [0.3, 0.4) is 0 Å². The van der Waals surface area contributed by atoms with E-state index in [2.05, 4.69) is 0 Å². The molecule has 0 spiro atoms. The number of methoxy groups -OCH3 is 1. The molecular weight excluding hydrogens is 252 g/mol. The molecule has 0 N–H and O–H groups in total. The van der Waals surface area contributed by atoms with E-state index < -0.39 is 0 Å². The van der Waals surface area contributed by atoms with Gasteiger partial charge in [-0.2, -0.15) is 5.26 Å². The topological polar surface area (TPSA) is 53.3 Å². The molecule has 0 bridgehead atoms. The number of nitriles is 1. The second-order valence-electron chi connectivity index (χ2n) is 4.51. The summed E-state index contributed by atoms with van der Waals surface area (Å²) >= 11 is 0. The lowest BCUT2D eigenvalue weighted by molar-refractivity contribution is -0.118. The average molecular weight is 268 g/mol. The molecule has 0 aliphatic heterocycles. The zero-order valence-corrected chi connectivity index (χ0v) is 11.6. The van der Waals surface area contributed by atoms with E-state index in [4.69, 9.17) is 10.00 Å². The van der Waals surface area contributed by atoms with Crippen LogP contribution in [0, 0.1) is 11.3 Å². The molecule has 4 nitrogen and oxygen atoms in total. The zero-order valence-electron chi connectivity index (χ0n) is 11.6. The van der Waals surface area contributed by atoms with Gasteiger partial charge in [-0.3, -0.25) is 4.79 Å². The Hall–Kier alpha value is -2.54. The van der Waals surface area contributed by atoms with Crippen LogP contribution in [0.1, 0.15) is 12.8 Å². The van der Waals surface area contributed by atoms with Crippen LogP contribution in [0.5, 0.6) is 5.75 Å². The molecular formula is C16H16N2O2. The molecule has 0 aromatic heterocycles. The third-order valence-corrected chi connectivity index (χ3v) is 3.24. The van der Waals surface area contributed by atoms with Gasteiger partial charge in [0.25, 0.3) is 0 Å². The number of carbonyl (C=O) groups is 1. The largest absolute Gasteiger partial charge is 0.497 e. The predicted molar refractivity (Wildman–Crippen MR) is 78.8 cm³/mol. The molecule has 4 heteroatoms. The molecule has 0 aliphatic carbocycles. The van der Waals surface area contributed by atoms with Crippen molar-refractivity contribution in [3.8, 4) is 11.8 Å². The first-order chi connectivity index (χ1) is 9.65. The highest BCUT2D eigenvalue weighted by molar-refractivity contribution is 5.96. The van der Waals surface area contributed by atoms with Crippen molar-refractivity contribution < 1.29 is 9.53 Å². The molecule has 0 unspecified atom stereocenters. The normalized spacial score (nSPS) is 10.1. The lowest BCUT2D eigenvalue weighted by Gasteiger charge is -2.17. The molecule has 0 saturated heterocycles. The first kappa shape index (κ1) is 13.9. The monoisotopic (exact) mass is 268 g/mol. The number of carbonyl (C=O) groups excluding carboxylic acids is 1. The van der Waals surface area contributed by atoms with Crippen molar-refractivity contribution >= 4 is 22.4 Å². The maximum Gasteiger partial charge on any atom is 0.227 e. The minimum Gasteiger partial charge on any atom is -0.497 e. The van der Waals surface area contributed by atoms with Crippen molar-refractivity contribution in [2.45, 2.75) is 12.8 Å². The Morgan fingerprint density at radius 3 is 2.65 bits per heavy atom. The number of nitrogens with zero attached hydrogens (tertiary/aromatic N) is 2. The first-order valence-electron chi connectivity index (χ1n) is 6.37. The van der Waals surface area contributed by atoms with Crippen molar-refractivity contribution in [3.05, 3.63) is 36.4 Å². The van der Waals surface area contributed by atoms with E-state index in [9.17, 15) is 4.79 Å². The summed E-state index contributed by atoms with van der Waals surface area (Å²) in [5.74, 6) is 0.753. The summed E-state index contributed by atoms with van der Waals surface area (Å²) in [4.78, 5) is 13.5. The molecule has 20 heavy (non-hydrogen) atoms. The van der Waals surface area contributed by atoms with Crippen molar-refractivity contribution in [3.63, 3.8) is 0 Å². The highest BCUT2D eigenvalue weighted by Crippen LogP contribution is 2.25. The van der Waals surface area contributed by atoms with Gasteiger partial charge in [-0.15, -0.1) is 0 Å². The van der Waals surface area contributed by atoms with Gasteiger partial charge in [0.2, 0.25) is 5.91 Å². The molecule has 0 fully saturated rings. The van der Waals surface area contributed by atoms with E-state index >= 15 is 0 Å². The van der Waals surface area contributed by atoms with Crippen molar-refractivity contribution in [2.24, 2.45) is 0 Å². The van der Waals surface area contributed by atoms with Crippen LogP contribution in [0.25, 0.3) is 10.8 Å². The maximum atomic E-state index is 11.9. The Morgan fingerprint density at radius 2 is 1.95 bits per heavy atom. The van der Waals surface area contributed by atoms with Crippen LogP contribution in [-0.2, 0) is 4.79 Å². The van der Waals surface area contributed by atoms with Crippen LogP contribution in [0.2, 0.25) is 0 Å². The minimum absolute atomic E-state index is 0.0561. The summed E-state index contributed by atoms with van der Waals surface area (Å²) in [7, 11) is 3.36. The van der Waals surface area contributed by atoms with Crippen molar-refractivity contribution in [1.29, 1.82) is 5.26 Å². The average Bonchev–Trinajstić information content (AvgIpc) is 2.50. The van der Waals surface area contributed by atoms with Crippen molar-refractivity contribution in [1.82, 2.24) is 0 Å². The fourth-order valence-corrected chi connectivity index (χ4v) is 2.02. The van der Waals surface area contributed by atoms with Crippen molar-refractivity contribution in [2.75, 3.05) is 19.1 Å². The standard InChI is InChI=1S/C16H16N2O2/c1-18(16(19)4-3-9-17)14-7-5-13-11-15(20-2)8-6-12(13)10-14/h5-8,10-11H,3-4H2,1-2H3. The fraction of sp³-hybridized carbons (Fsp3) is 0.250. The number of fused-ring (bicyclic) bond motifs is 1. The van der Waals surface area contributed by atoms with Gasteiger partial charge < -0.3 is 9.64 Å². The van der Waals surface area contributed by atoms with Gasteiger partial charge in [-0.05, 0) is 35.0 Å². The summed E-state index contributed by atoms with van der Waals surface area (Å²) in [6.07, 6.45) is 0.488. The lowest BCUT2D eigenvalue weighted by atomic mass is 10.1. The SMILES string of the molecule is COc1ccc2cc(N(C)C(=O)CCC#N)ccc2c1. The molecule has 1 amide bonds. The Kier molecular flexibility index (Phi) is 4.21. The fourth-order valence-electron chi connectivity index (χ4n) is 2.02. The van der Waals surface area contributed by atoms with E-state index in [-0.39, 0.29) is 18.7 Å². The first-order valence-corrected chi connectivity index (χ1v) is 6.37. The van der Waals surface area contributed by atoms with Crippen LogP contribution >= 0.6 is 0 Å². The number of ether oxygens (including phenoxy) is 1. The molecule has 0 heterocycles. The molecule has 0 radical (unpaired) electrons. The second-order valence-corrected chi connectivity index (χ2v) is 4.51. The Bertz CT molecular complexity index is 674. The van der Waals surface area contributed by atoms with Gasteiger partial charge in [-0.25, -0.2) is 0 Å². The molecule has 2 aromatic rings. The quantitative estimate of drug-likeness (QED) is 0.856. The van der Waals surface area contributed by atoms with E-state index in [1.165, 1.54) is 0 Å². The van der Waals surface area contributed by atoms with E-state index in [0.29, 0.717) is 0 Å². The van der Waals surface area contributed by atoms with Crippen LogP contribution in [-0.4, -0.2) is 20.1 Å². The van der Waals surface area contributed by atoms with Crippen LogP contribution in [0.4, 0.5) is 5.69 Å². The third-order valence-electron chi connectivity index (χ3n) is 3.24. The Labute approximate surface area is 118 Å². The molecule has 0 aliphatic rings. The summed E-state index contributed by atoms with van der Waals surface area (Å²) < 4.78 is 5.19. The number of amides is 1. The maximum absolute atomic E-state index is 11.9. The van der Waals surface area contributed by atoms with Gasteiger partial charge in [0, 0.05) is 25.6 Å². The molecule has 2 aromatic carbocycles. The lowest BCUT2D eigenvalue weighted by Crippen LogP contribution is -2.25. The van der Waals surface area contributed by atoms with Gasteiger partial charge in [0.1, 0.15) is 5.75 Å². The number of anilines is 1. The van der Waals surface area contributed by atoms with Crippen LogP contribution < -0.4 is 9.64 Å².